The third-order valence-corrected chi connectivity index (χ3v) is 9.44. The van der Waals surface area contributed by atoms with Gasteiger partial charge in [0, 0.05) is 28.4 Å². The molecule has 10 aromatic rings. The molecule has 0 saturated carbocycles. The number of benzene rings is 8. The van der Waals surface area contributed by atoms with Crippen molar-refractivity contribution in [3.05, 3.63) is 170 Å². The van der Waals surface area contributed by atoms with Gasteiger partial charge in [-0.1, -0.05) is 121 Å². The van der Waals surface area contributed by atoms with Gasteiger partial charge in [-0.05, 0) is 75.1 Å². The predicted molar refractivity (Wildman–Crippen MR) is 202 cm³/mol. The van der Waals surface area contributed by atoms with Crippen molar-refractivity contribution < 1.29 is 8.83 Å². The lowest BCUT2D eigenvalue weighted by Crippen LogP contribution is -2.11. The monoisotopic (exact) mass is 628 g/mol. The maximum Gasteiger partial charge on any atom is 0.227 e. The minimum atomic E-state index is 0.566. The summed E-state index contributed by atoms with van der Waals surface area (Å²) >= 11 is 0. The Kier molecular flexibility index (Phi) is 6.15. The van der Waals surface area contributed by atoms with Gasteiger partial charge in [0.1, 0.15) is 16.7 Å². The quantitative estimate of drug-likeness (QED) is 0.178. The SMILES string of the molecule is c1ccc(-c2cccc(N(c3ccc4ccc5ccccc5c4c3)c3c4nc(-c5ccccc5)oc4cc4oc5ccccc5c34)c2)cc1. The number of fused-ring (bicyclic) bond motifs is 7. The zero-order valence-electron chi connectivity index (χ0n) is 26.4. The van der Waals surface area contributed by atoms with Crippen molar-refractivity contribution in [2.24, 2.45) is 0 Å². The molecule has 0 unspecified atom stereocenters. The molecule has 4 nitrogen and oxygen atoms in total. The predicted octanol–water partition coefficient (Wildman–Crippen LogP) is 12.8. The van der Waals surface area contributed by atoms with Crippen LogP contribution in [0.15, 0.2) is 179 Å². The van der Waals surface area contributed by atoms with Crippen LogP contribution in [-0.4, -0.2) is 4.98 Å². The van der Waals surface area contributed by atoms with E-state index in [4.69, 9.17) is 13.8 Å². The normalized spacial score (nSPS) is 11.7. The first-order chi connectivity index (χ1) is 24.3. The average molecular weight is 629 g/mol. The molecule has 0 bridgehead atoms. The second kappa shape index (κ2) is 11.0. The summed E-state index contributed by atoms with van der Waals surface area (Å²) < 4.78 is 13.1. The molecule has 8 aromatic carbocycles. The van der Waals surface area contributed by atoms with Gasteiger partial charge in [0.15, 0.2) is 5.58 Å². The smallest absolute Gasteiger partial charge is 0.227 e. The van der Waals surface area contributed by atoms with E-state index in [0.29, 0.717) is 11.5 Å². The van der Waals surface area contributed by atoms with Crippen LogP contribution in [0.1, 0.15) is 0 Å². The first-order valence-electron chi connectivity index (χ1n) is 16.5. The summed E-state index contributed by atoms with van der Waals surface area (Å²) in [6.45, 7) is 0. The molecule has 0 aliphatic heterocycles. The second-order valence-electron chi connectivity index (χ2n) is 12.4. The van der Waals surface area contributed by atoms with E-state index in [-0.39, 0.29) is 0 Å². The molecular weight excluding hydrogens is 601 g/mol. The van der Waals surface area contributed by atoms with Crippen LogP contribution in [-0.2, 0) is 0 Å². The fourth-order valence-corrected chi connectivity index (χ4v) is 7.16. The highest BCUT2D eigenvalue weighted by molar-refractivity contribution is 6.21. The Bertz CT molecular complexity index is 2830. The highest BCUT2D eigenvalue weighted by atomic mass is 16.4. The topological polar surface area (TPSA) is 42.4 Å². The molecule has 0 aliphatic carbocycles. The van der Waals surface area contributed by atoms with Crippen LogP contribution in [0.2, 0.25) is 0 Å². The van der Waals surface area contributed by atoms with Crippen LogP contribution < -0.4 is 4.90 Å². The summed E-state index contributed by atoms with van der Waals surface area (Å²) in [6.07, 6.45) is 0. The van der Waals surface area contributed by atoms with E-state index in [1.807, 2.05) is 48.5 Å². The molecule has 2 aromatic heterocycles. The van der Waals surface area contributed by atoms with Crippen molar-refractivity contribution in [1.82, 2.24) is 4.98 Å². The van der Waals surface area contributed by atoms with Crippen LogP contribution in [0.3, 0.4) is 0 Å². The van der Waals surface area contributed by atoms with Gasteiger partial charge in [-0.2, -0.15) is 0 Å². The van der Waals surface area contributed by atoms with Crippen LogP contribution in [0.5, 0.6) is 0 Å². The molecule has 0 atom stereocenters. The van der Waals surface area contributed by atoms with Crippen molar-refractivity contribution >= 4 is 71.6 Å². The van der Waals surface area contributed by atoms with E-state index in [1.54, 1.807) is 0 Å². The van der Waals surface area contributed by atoms with Gasteiger partial charge in [0.25, 0.3) is 0 Å². The highest BCUT2D eigenvalue weighted by Crippen LogP contribution is 2.48. The van der Waals surface area contributed by atoms with Crippen LogP contribution >= 0.6 is 0 Å². The van der Waals surface area contributed by atoms with Crippen LogP contribution in [0, 0.1) is 0 Å². The van der Waals surface area contributed by atoms with Crippen molar-refractivity contribution in [2.45, 2.75) is 0 Å². The van der Waals surface area contributed by atoms with Gasteiger partial charge >= 0.3 is 0 Å². The maximum absolute atomic E-state index is 6.54. The zero-order chi connectivity index (χ0) is 32.3. The lowest BCUT2D eigenvalue weighted by atomic mass is 10.00. The van der Waals surface area contributed by atoms with Crippen LogP contribution in [0.4, 0.5) is 17.1 Å². The van der Waals surface area contributed by atoms with Gasteiger partial charge < -0.3 is 13.7 Å². The number of nitrogens with zero attached hydrogens (tertiary/aromatic N) is 2. The number of hydrogen-bond donors (Lipinski definition) is 0. The maximum atomic E-state index is 6.54. The minimum Gasteiger partial charge on any atom is -0.456 e. The van der Waals surface area contributed by atoms with Crippen LogP contribution in [0.25, 0.3) is 77.2 Å². The molecule has 10 rings (SSSR count). The lowest BCUT2D eigenvalue weighted by molar-refractivity contribution is 0.617. The molecule has 0 spiro atoms. The molecular formula is C45H28N2O2. The summed E-state index contributed by atoms with van der Waals surface area (Å²) in [5, 5.41) is 6.80. The van der Waals surface area contributed by atoms with Crippen molar-refractivity contribution in [3.8, 4) is 22.6 Å². The van der Waals surface area contributed by atoms with Crippen molar-refractivity contribution in [2.75, 3.05) is 4.90 Å². The Labute approximate surface area is 282 Å². The number of oxazole rings is 1. The van der Waals surface area contributed by atoms with Gasteiger partial charge in [-0.3, -0.25) is 0 Å². The number of para-hydroxylation sites is 1. The van der Waals surface area contributed by atoms with E-state index in [1.165, 1.54) is 21.5 Å². The Balaban J connectivity index is 1.33. The summed E-state index contributed by atoms with van der Waals surface area (Å²) in [5.41, 5.74) is 9.11. The summed E-state index contributed by atoms with van der Waals surface area (Å²) in [6, 6.07) is 59.2. The Morgan fingerprint density at radius 3 is 1.90 bits per heavy atom. The molecule has 2 heterocycles. The Morgan fingerprint density at radius 2 is 1.06 bits per heavy atom. The standard InChI is InChI=1S/C45H28N2O2/c1-3-12-29(13-4-1)33-17-11-18-34(26-33)47(35-25-24-31-23-22-30-14-7-8-19-36(30)38(31)27-35)44-42-37-20-9-10-21-39(37)48-40(42)28-41-43(44)46-45(49-41)32-15-5-2-6-16-32/h1-28H. The minimum absolute atomic E-state index is 0.566. The number of furan rings is 1. The second-order valence-corrected chi connectivity index (χ2v) is 12.4. The molecule has 4 heteroatoms. The van der Waals surface area contributed by atoms with E-state index in [0.717, 1.165) is 61.2 Å². The molecule has 0 fully saturated rings. The molecule has 49 heavy (non-hydrogen) atoms. The van der Waals surface area contributed by atoms with Crippen molar-refractivity contribution in [1.29, 1.82) is 0 Å². The third kappa shape index (κ3) is 4.49. The lowest BCUT2D eigenvalue weighted by Gasteiger charge is -2.27. The summed E-state index contributed by atoms with van der Waals surface area (Å²) in [5.74, 6) is 0.566. The fraction of sp³-hybridized carbons (Fsp3) is 0. The summed E-state index contributed by atoms with van der Waals surface area (Å²) in [7, 11) is 0. The van der Waals surface area contributed by atoms with Gasteiger partial charge in [-0.15, -0.1) is 0 Å². The molecule has 230 valence electrons. The first kappa shape index (κ1) is 27.5. The number of anilines is 3. The van der Waals surface area contributed by atoms with E-state index in [9.17, 15) is 0 Å². The van der Waals surface area contributed by atoms with Gasteiger partial charge in [0.05, 0.1) is 11.1 Å². The first-order valence-corrected chi connectivity index (χ1v) is 16.5. The zero-order valence-corrected chi connectivity index (χ0v) is 26.4. The fourth-order valence-electron chi connectivity index (χ4n) is 7.16. The van der Waals surface area contributed by atoms with Gasteiger partial charge in [0.2, 0.25) is 5.89 Å². The third-order valence-electron chi connectivity index (χ3n) is 9.44. The van der Waals surface area contributed by atoms with E-state index in [2.05, 4.69) is 126 Å². The summed E-state index contributed by atoms with van der Waals surface area (Å²) in [4.78, 5) is 7.57. The number of hydrogen-bond acceptors (Lipinski definition) is 4. The molecule has 0 aliphatic rings. The largest absolute Gasteiger partial charge is 0.456 e. The van der Waals surface area contributed by atoms with Crippen molar-refractivity contribution in [3.63, 3.8) is 0 Å². The highest BCUT2D eigenvalue weighted by Gasteiger charge is 2.26. The van der Waals surface area contributed by atoms with E-state index >= 15 is 0 Å². The number of aromatic nitrogens is 1. The molecule has 0 amide bonds. The Morgan fingerprint density at radius 1 is 0.408 bits per heavy atom. The number of rotatable bonds is 5. The Hall–Kier alpha value is -6.65. The van der Waals surface area contributed by atoms with E-state index < -0.39 is 0 Å². The molecule has 0 radical (unpaired) electrons. The molecule has 0 N–H and O–H groups in total. The average Bonchev–Trinajstić information content (AvgIpc) is 3.77. The molecule has 0 saturated heterocycles. The van der Waals surface area contributed by atoms with Gasteiger partial charge in [-0.25, -0.2) is 4.98 Å².